The fraction of sp³-hybridized carbons (Fsp3) is 0.167. The Labute approximate surface area is 135 Å². The zero-order valence-corrected chi connectivity index (χ0v) is 12.6. The molecule has 0 fully saturated rings. The molecule has 120 valence electrons. The normalized spacial score (nSPS) is 20.7. The number of phenolic OH excluding ortho intramolecular Hbond substituents is 1. The summed E-state index contributed by atoms with van der Waals surface area (Å²) in [6.07, 6.45) is 2.99. The number of methoxy groups -OCH3 is 1. The summed E-state index contributed by atoms with van der Waals surface area (Å²) in [4.78, 5) is 13.0. The molecule has 0 radical (unpaired) electrons. The summed E-state index contributed by atoms with van der Waals surface area (Å²) in [7, 11) is 1.47. The molecule has 0 amide bonds. The van der Waals surface area contributed by atoms with Crippen molar-refractivity contribution >= 4 is 21.9 Å². The number of ether oxygens (including phenoxy) is 3. The van der Waals surface area contributed by atoms with Crippen LogP contribution in [0.15, 0.2) is 45.8 Å². The lowest BCUT2D eigenvalue weighted by atomic mass is 9.97. The summed E-state index contributed by atoms with van der Waals surface area (Å²) < 4.78 is 22.6. The lowest BCUT2D eigenvalue weighted by Crippen LogP contribution is -2.14. The van der Waals surface area contributed by atoms with Gasteiger partial charge in [0.25, 0.3) is 6.29 Å². The fourth-order valence-corrected chi connectivity index (χ4v) is 3.43. The van der Waals surface area contributed by atoms with Crippen LogP contribution in [0.5, 0.6) is 17.2 Å². The third-order valence-corrected chi connectivity index (χ3v) is 4.50. The average molecular weight is 324 g/mol. The van der Waals surface area contributed by atoms with Crippen LogP contribution >= 0.6 is 0 Å². The van der Waals surface area contributed by atoms with Crippen LogP contribution in [0.2, 0.25) is 0 Å². The Hall–Kier alpha value is -3.15. The lowest BCUT2D eigenvalue weighted by Gasteiger charge is -2.11. The van der Waals surface area contributed by atoms with Crippen molar-refractivity contribution < 1.29 is 23.7 Å². The van der Waals surface area contributed by atoms with E-state index in [-0.39, 0.29) is 27.9 Å². The standard InChI is InChI=1S/C18H12O6/c1-21-11-7-12-13(8-5-6-22-18(8)24-12)17-15(11)16(20)14-9(19)3-2-4-10(14)23-17/h2-8,18-19H,1H3/t8-,18+/m1/s1. The minimum atomic E-state index is -0.458. The molecule has 0 saturated heterocycles. The third-order valence-electron chi connectivity index (χ3n) is 4.50. The molecule has 5 rings (SSSR count). The molecule has 3 heterocycles. The van der Waals surface area contributed by atoms with Gasteiger partial charge in [-0.3, -0.25) is 4.79 Å². The number of hydrogen-bond donors (Lipinski definition) is 1. The van der Waals surface area contributed by atoms with Gasteiger partial charge in [-0.1, -0.05) is 6.07 Å². The van der Waals surface area contributed by atoms with Gasteiger partial charge < -0.3 is 23.7 Å². The summed E-state index contributed by atoms with van der Waals surface area (Å²) in [6, 6.07) is 6.40. The molecule has 6 heteroatoms. The van der Waals surface area contributed by atoms with Crippen LogP contribution in [0.25, 0.3) is 21.9 Å². The van der Waals surface area contributed by atoms with Crippen molar-refractivity contribution in [2.45, 2.75) is 12.2 Å². The van der Waals surface area contributed by atoms with Gasteiger partial charge in [0.15, 0.2) is 0 Å². The first-order valence-electron chi connectivity index (χ1n) is 7.47. The van der Waals surface area contributed by atoms with Crippen LogP contribution in [0, 0.1) is 0 Å². The van der Waals surface area contributed by atoms with Gasteiger partial charge in [-0.2, -0.15) is 0 Å². The van der Waals surface area contributed by atoms with E-state index in [1.165, 1.54) is 13.2 Å². The van der Waals surface area contributed by atoms with Gasteiger partial charge in [0.1, 0.15) is 39.2 Å². The predicted octanol–water partition coefficient (Wildman–Crippen LogP) is 3.01. The zero-order valence-electron chi connectivity index (χ0n) is 12.6. The topological polar surface area (TPSA) is 78.1 Å². The molecule has 2 aliphatic heterocycles. The molecule has 24 heavy (non-hydrogen) atoms. The second-order valence-corrected chi connectivity index (χ2v) is 5.75. The summed E-state index contributed by atoms with van der Waals surface area (Å²) >= 11 is 0. The summed E-state index contributed by atoms with van der Waals surface area (Å²) in [5.74, 6) is 0.642. The van der Waals surface area contributed by atoms with Crippen molar-refractivity contribution in [3.05, 3.63) is 52.4 Å². The van der Waals surface area contributed by atoms with Crippen LogP contribution in [-0.2, 0) is 4.74 Å². The van der Waals surface area contributed by atoms with E-state index in [2.05, 4.69) is 0 Å². The number of fused-ring (bicyclic) bond motifs is 6. The number of rotatable bonds is 1. The maximum atomic E-state index is 13.0. The molecule has 1 aromatic heterocycles. The van der Waals surface area contributed by atoms with Crippen LogP contribution in [0.3, 0.4) is 0 Å². The predicted molar refractivity (Wildman–Crippen MR) is 85.6 cm³/mol. The van der Waals surface area contributed by atoms with Crippen molar-refractivity contribution in [2.24, 2.45) is 0 Å². The van der Waals surface area contributed by atoms with E-state index < -0.39 is 6.29 Å². The van der Waals surface area contributed by atoms with E-state index in [0.29, 0.717) is 22.7 Å². The molecule has 0 aliphatic carbocycles. The molecule has 2 atom stereocenters. The van der Waals surface area contributed by atoms with Gasteiger partial charge in [-0.15, -0.1) is 0 Å². The van der Waals surface area contributed by atoms with E-state index in [4.69, 9.17) is 18.6 Å². The number of aromatic hydroxyl groups is 1. The van der Waals surface area contributed by atoms with E-state index >= 15 is 0 Å². The molecule has 0 bridgehead atoms. The van der Waals surface area contributed by atoms with Gasteiger partial charge in [0.2, 0.25) is 5.43 Å². The van der Waals surface area contributed by atoms with Crippen LogP contribution in [0.1, 0.15) is 11.5 Å². The van der Waals surface area contributed by atoms with E-state index in [1.807, 2.05) is 6.08 Å². The maximum Gasteiger partial charge on any atom is 0.250 e. The van der Waals surface area contributed by atoms with E-state index in [9.17, 15) is 9.90 Å². The highest BCUT2D eigenvalue weighted by Crippen LogP contribution is 2.48. The molecule has 0 unspecified atom stereocenters. The molecule has 0 saturated carbocycles. The number of phenols is 1. The molecule has 1 N–H and O–H groups in total. The Kier molecular flexibility index (Phi) is 2.46. The van der Waals surface area contributed by atoms with Crippen molar-refractivity contribution in [3.8, 4) is 17.2 Å². The molecular formula is C18H12O6. The van der Waals surface area contributed by atoms with E-state index in [1.54, 1.807) is 24.5 Å². The highest BCUT2D eigenvalue weighted by Gasteiger charge is 2.40. The molecule has 0 spiro atoms. The number of benzene rings is 2. The summed E-state index contributed by atoms with van der Waals surface area (Å²) in [5, 5.41) is 10.5. The number of hydrogen-bond acceptors (Lipinski definition) is 6. The highest BCUT2D eigenvalue weighted by atomic mass is 16.7. The minimum Gasteiger partial charge on any atom is -0.507 e. The largest absolute Gasteiger partial charge is 0.507 e. The van der Waals surface area contributed by atoms with Crippen molar-refractivity contribution in [2.75, 3.05) is 7.11 Å². The van der Waals surface area contributed by atoms with Gasteiger partial charge in [0, 0.05) is 6.07 Å². The molecule has 6 nitrogen and oxygen atoms in total. The Morgan fingerprint density at radius 3 is 2.96 bits per heavy atom. The highest BCUT2D eigenvalue weighted by molar-refractivity contribution is 5.98. The minimum absolute atomic E-state index is 0.121. The molecule has 3 aromatic rings. The lowest BCUT2D eigenvalue weighted by molar-refractivity contribution is -0.00484. The average Bonchev–Trinajstić information content (AvgIpc) is 3.14. The van der Waals surface area contributed by atoms with Crippen LogP contribution in [0.4, 0.5) is 0 Å². The van der Waals surface area contributed by atoms with Gasteiger partial charge >= 0.3 is 0 Å². The quantitative estimate of drug-likeness (QED) is 0.693. The Bertz CT molecular complexity index is 1090. The Morgan fingerprint density at radius 1 is 1.25 bits per heavy atom. The van der Waals surface area contributed by atoms with Crippen molar-refractivity contribution in [1.29, 1.82) is 0 Å². The molecule has 2 aliphatic rings. The second-order valence-electron chi connectivity index (χ2n) is 5.75. The maximum absolute atomic E-state index is 13.0. The monoisotopic (exact) mass is 324 g/mol. The first kappa shape index (κ1) is 13.3. The summed E-state index contributed by atoms with van der Waals surface area (Å²) in [5.41, 5.74) is 1.13. The van der Waals surface area contributed by atoms with Crippen molar-refractivity contribution in [1.82, 2.24) is 0 Å². The Balaban J connectivity index is 2.00. The van der Waals surface area contributed by atoms with Gasteiger partial charge in [-0.25, -0.2) is 0 Å². The van der Waals surface area contributed by atoms with Crippen LogP contribution < -0.4 is 14.9 Å². The summed E-state index contributed by atoms with van der Waals surface area (Å²) in [6.45, 7) is 0. The molecular weight excluding hydrogens is 312 g/mol. The van der Waals surface area contributed by atoms with Gasteiger partial charge in [0.05, 0.1) is 24.9 Å². The smallest absolute Gasteiger partial charge is 0.250 e. The van der Waals surface area contributed by atoms with Crippen molar-refractivity contribution in [3.63, 3.8) is 0 Å². The zero-order chi connectivity index (χ0) is 16.4. The Morgan fingerprint density at radius 2 is 2.12 bits per heavy atom. The fourth-order valence-electron chi connectivity index (χ4n) is 3.43. The molecule has 2 aromatic carbocycles. The first-order valence-corrected chi connectivity index (χ1v) is 7.47. The van der Waals surface area contributed by atoms with Crippen LogP contribution in [-0.4, -0.2) is 18.5 Å². The SMILES string of the molecule is COc1cc2c(c3oc4cccc(O)c4c(=O)c13)[C@H]1C=CO[C@H]1O2. The van der Waals surface area contributed by atoms with Gasteiger partial charge in [-0.05, 0) is 18.2 Å². The van der Waals surface area contributed by atoms with E-state index in [0.717, 1.165) is 5.56 Å². The second kappa shape index (κ2) is 4.44. The first-order chi connectivity index (χ1) is 11.7. The third kappa shape index (κ3) is 1.52.